The molecule has 0 atom stereocenters. The van der Waals surface area contributed by atoms with E-state index in [1.165, 1.54) is 12.1 Å². The van der Waals surface area contributed by atoms with Crippen LogP contribution >= 0.6 is 31.9 Å². The summed E-state index contributed by atoms with van der Waals surface area (Å²) in [5.74, 6) is 0.452. The molecule has 2 N–H and O–H groups in total. The molecule has 0 amide bonds. The molecule has 0 radical (unpaired) electrons. The Morgan fingerprint density at radius 2 is 1.86 bits per heavy atom. The lowest BCUT2D eigenvalue weighted by molar-refractivity contribution is 0.628. The number of hydrogen-bond acceptors (Lipinski definition) is 3. The Kier molecular flexibility index (Phi) is 3.67. The van der Waals surface area contributed by atoms with E-state index in [1.807, 2.05) is 19.1 Å². The van der Waals surface area contributed by atoms with Crippen LogP contribution in [0.5, 0.6) is 0 Å². The third-order valence-electron chi connectivity index (χ3n) is 3.19. The highest BCUT2D eigenvalue weighted by Gasteiger charge is 2.13. The van der Waals surface area contributed by atoms with Crippen molar-refractivity contribution in [2.45, 2.75) is 6.92 Å². The molecule has 2 aromatic carbocycles. The van der Waals surface area contributed by atoms with Crippen molar-refractivity contribution < 1.29 is 4.39 Å². The first-order valence-corrected chi connectivity index (χ1v) is 7.73. The number of aryl methyl sites for hydroxylation is 1. The largest absolute Gasteiger partial charge is 0.383 e. The van der Waals surface area contributed by atoms with Gasteiger partial charge in [-0.3, -0.25) is 0 Å². The molecule has 0 aliphatic carbocycles. The van der Waals surface area contributed by atoms with Crippen LogP contribution < -0.4 is 5.73 Å². The summed E-state index contributed by atoms with van der Waals surface area (Å²) in [4.78, 5) is 8.84. The van der Waals surface area contributed by atoms with Crippen molar-refractivity contribution in [1.29, 1.82) is 0 Å². The monoisotopic (exact) mass is 409 g/mol. The van der Waals surface area contributed by atoms with Crippen molar-refractivity contribution in [2.75, 3.05) is 5.73 Å². The average Bonchev–Trinajstić information content (AvgIpc) is 2.42. The standard InChI is InChI=1S/C15H10Br2FN3/c1-7-2-3-9(18)6-10(7)15-20-13-11(14(19)21-15)4-8(16)5-12(13)17/h2-6H,1H3,(H2,19,20,21). The quantitative estimate of drug-likeness (QED) is 0.623. The van der Waals surface area contributed by atoms with Gasteiger partial charge >= 0.3 is 0 Å². The molecule has 3 aromatic rings. The molecule has 0 fully saturated rings. The van der Waals surface area contributed by atoms with Crippen LogP contribution in [-0.4, -0.2) is 9.97 Å². The van der Waals surface area contributed by atoms with E-state index in [0.29, 0.717) is 22.7 Å². The van der Waals surface area contributed by atoms with Gasteiger partial charge in [0.05, 0.1) is 5.52 Å². The van der Waals surface area contributed by atoms with Gasteiger partial charge in [-0.15, -0.1) is 0 Å². The fourth-order valence-electron chi connectivity index (χ4n) is 2.14. The molecule has 21 heavy (non-hydrogen) atoms. The van der Waals surface area contributed by atoms with Crippen LogP contribution in [0.15, 0.2) is 39.3 Å². The van der Waals surface area contributed by atoms with Crippen molar-refractivity contribution in [3.05, 3.63) is 50.7 Å². The van der Waals surface area contributed by atoms with E-state index in [1.54, 1.807) is 6.07 Å². The zero-order valence-corrected chi connectivity index (χ0v) is 14.2. The van der Waals surface area contributed by atoms with Gasteiger partial charge in [-0.1, -0.05) is 22.0 Å². The summed E-state index contributed by atoms with van der Waals surface area (Å²) >= 11 is 6.88. The molecule has 0 saturated heterocycles. The molecule has 0 aliphatic heterocycles. The van der Waals surface area contributed by atoms with Gasteiger partial charge in [0, 0.05) is 19.9 Å². The highest BCUT2D eigenvalue weighted by Crippen LogP contribution is 2.32. The maximum absolute atomic E-state index is 13.5. The Morgan fingerprint density at radius 3 is 2.62 bits per heavy atom. The Hall–Kier alpha value is -1.53. The number of aromatic nitrogens is 2. The normalized spacial score (nSPS) is 11.0. The van der Waals surface area contributed by atoms with E-state index in [9.17, 15) is 4.39 Å². The van der Waals surface area contributed by atoms with E-state index in [4.69, 9.17) is 5.73 Å². The first-order valence-electron chi connectivity index (χ1n) is 6.14. The summed E-state index contributed by atoms with van der Waals surface area (Å²) in [6, 6.07) is 8.28. The number of nitrogens with two attached hydrogens (primary N) is 1. The van der Waals surface area contributed by atoms with Crippen LogP contribution in [0.2, 0.25) is 0 Å². The summed E-state index contributed by atoms with van der Waals surface area (Å²) < 4.78 is 15.2. The molecule has 6 heteroatoms. The minimum absolute atomic E-state index is 0.326. The Morgan fingerprint density at radius 1 is 1.10 bits per heavy atom. The molecule has 0 bridgehead atoms. The highest BCUT2D eigenvalue weighted by molar-refractivity contribution is 9.11. The van der Waals surface area contributed by atoms with E-state index >= 15 is 0 Å². The number of nitrogen functional groups attached to an aromatic ring is 1. The Balaban J connectivity index is 2.33. The van der Waals surface area contributed by atoms with Crippen LogP contribution in [-0.2, 0) is 0 Å². The second-order valence-corrected chi connectivity index (χ2v) is 6.45. The van der Waals surface area contributed by atoms with E-state index in [2.05, 4.69) is 41.8 Å². The lowest BCUT2D eigenvalue weighted by atomic mass is 10.1. The van der Waals surface area contributed by atoms with E-state index in [0.717, 1.165) is 19.9 Å². The highest BCUT2D eigenvalue weighted by atomic mass is 79.9. The average molecular weight is 411 g/mol. The van der Waals surface area contributed by atoms with Crippen LogP contribution in [0.3, 0.4) is 0 Å². The molecule has 3 nitrogen and oxygen atoms in total. The van der Waals surface area contributed by atoms with Crippen molar-refractivity contribution in [1.82, 2.24) is 9.97 Å². The predicted octanol–water partition coefficient (Wildman–Crippen LogP) is 4.85. The number of hydrogen-bond donors (Lipinski definition) is 1. The fourth-order valence-corrected chi connectivity index (χ4v) is 3.45. The van der Waals surface area contributed by atoms with Crippen molar-refractivity contribution >= 4 is 48.6 Å². The minimum Gasteiger partial charge on any atom is -0.383 e. The van der Waals surface area contributed by atoms with Crippen LogP contribution in [0.1, 0.15) is 5.56 Å². The van der Waals surface area contributed by atoms with Crippen LogP contribution in [0.25, 0.3) is 22.3 Å². The fraction of sp³-hybridized carbons (Fsp3) is 0.0667. The van der Waals surface area contributed by atoms with Crippen molar-refractivity contribution in [3.8, 4) is 11.4 Å². The van der Waals surface area contributed by atoms with Gasteiger partial charge in [0.25, 0.3) is 0 Å². The van der Waals surface area contributed by atoms with Crippen LogP contribution in [0.4, 0.5) is 10.2 Å². The number of halogens is 3. The number of anilines is 1. The summed E-state index contributed by atoms with van der Waals surface area (Å²) in [5.41, 5.74) is 8.26. The summed E-state index contributed by atoms with van der Waals surface area (Å²) in [6.45, 7) is 1.88. The number of nitrogens with zero attached hydrogens (tertiary/aromatic N) is 2. The first-order chi connectivity index (χ1) is 9.95. The lowest BCUT2D eigenvalue weighted by Gasteiger charge is -2.09. The molecule has 0 saturated carbocycles. The smallest absolute Gasteiger partial charge is 0.162 e. The lowest BCUT2D eigenvalue weighted by Crippen LogP contribution is -2.00. The van der Waals surface area contributed by atoms with Crippen molar-refractivity contribution in [3.63, 3.8) is 0 Å². The number of fused-ring (bicyclic) bond motifs is 1. The van der Waals surface area contributed by atoms with Gasteiger partial charge in [-0.2, -0.15) is 0 Å². The molecule has 0 spiro atoms. The molecule has 0 unspecified atom stereocenters. The molecular weight excluding hydrogens is 401 g/mol. The van der Waals surface area contributed by atoms with Crippen LogP contribution in [0, 0.1) is 12.7 Å². The van der Waals surface area contributed by atoms with E-state index in [-0.39, 0.29) is 5.82 Å². The second kappa shape index (κ2) is 5.35. The molecule has 3 rings (SSSR count). The maximum Gasteiger partial charge on any atom is 0.162 e. The van der Waals surface area contributed by atoms with Gasteiger partial charge < -0.3 is 5.73 Å². The summed E-state index contributed by atoms with van der Waals surface area (Å²) in [7, 11) is 0. The molecular formula is C15H10Br2FN3. The minimum atomic E-state index is -0.326. The summed E-state index contributed by atoms with van der Waals surface area (Å²) in [6.07, 6.45) is 0. The van der Waals surface area contributed by atoms with Gasteiger partial charge in [0.2, 0.25) is 0 Å². The zero-order valence-electron chi connectivity index (χ0n) is 11.0. The first kappa shape index (κ1) is 14.4. The van der Waals surface area contributed by atoms with Gasteiger partial charge in [-0.25, -0.2) is 14.4 Å². The van der Waals surface area contributed by atoms with Crippen molar-refractivity contribution in [2.24, 2.45) is 0 Å². The summed E-state index contributed by atoms with van der Waals surface area (Å²) in [5, 5.41) is 0.744. The number of rotatable bonds is 1. The predicted molar refractivity (Wildman–Crippen MR) is 89.5 cm³/mol. The molecule has 0 aliphatic rings. The maximum atomic E-state index is 13.5. The second-order valence-electron chi connectivity index (χ2n) is 4.68. The molecule has 1 heterocycles. The third kappa shape index (κ3) is 2.65. The third-order valence-corrected chi connectivity index (χ3v) is 4.25. The van der Waals surface area contributed by atoms with Gasteiger partial charge in [0.1, 0.15) is 11.6 Å². The molecule has 1 aromatic heterocycles. The van der Waals surface area contributed by atoms with Gasteiger partial charge in [-0.05, 0) is 52.7 Å². The topological polar surface area (TPSA) is 51.8 Å². The Labute approximate surface area is 137 Å². The number of benzene rings is 2. The Bertz CT molecular complexity index is 865. The zero-order chi connectivity index (χ0) is 15.1. The van der Waals surface area contributed by atoms with E-state index < -0.39 is 0 Å². The SMILES string of the molecule is Cc1ccc(F)cc1-c1nc(N)c2cc(Br)cc(Br)c2n1. The molecule has 106 valence electrons. The van der Waals surface area contributed by atoms with Gasteiger partial charge in [0.15, 0.2) is 5.82 Å².